The van der Waals surface area contributed by atoms with Crippen LogP contribution in [0.25, 0.3) is 0 Å². The van der Waals surface area contributed by atoms with Crippen molar-refractivity contribution in [3.63, 3.8) is 0 Å². The number of halogens is 1. The van der Waals surface area contributed by atoms with Gasteiger partial charge in [-0.05, 0) is 55.5 Å². The Bertz CT molecular complexity index is 932. The Balaban J connectivity index is 1.42. The largest absolute Gasteiger partial charge is 0.506 e. The first kappa shape index (κ1) is 20.4. The summed E-state index contributed by atoms with van der Waals surface area (Å²) in [6.45, 7) is 1.02. The maximum atomic E-state index is 13.9. The van der Waals surface area contributed by atoms with E-state index in [2.05, 4.69) is 5.32 Å². The fraction of sp³-hybridized carbons (Fsp3) is 0.417. The van der Waals surface area contributed by atoms with Gasteiger partial charge in [0.15, 0.2) is 0 Å². The lowest BCUT2D eigenvalue weighted by atomic mass is 9.77. The highest BCUT2D eigenvalue weighted by Gasteiger charge is 2.45. The van der Waals surface area contributed by atoms with Gasteiger partial charge in [0.1, 0.15) is 11.6 Å². The Labute approximate surface area is 175 Å². The summed E-state index contributed by atoms with van der Waals surface area (Å²) in [5.74, 6) is -0.556. The summed E-state index contributed by atoms with van der Waals surface area (Å²) in [6, 6.07) is 13.1. The van der Waals surface area contributed by atoms with E-state index in [1.165, 1.54) is 18.2 Å². The van der Waals surface area contributed by atoms with E-state index in [9.17, 15) is 19.1 Å². The third-order valence-electron chi connectivity index (χ3n) is 6.56. The van der Waals surface area contributed by atoms with Gasteiger partial charge < -0.3 is 15.3 Å². The van der Waals surface area contributed by atoms with Gasteiger partial charge in [0.25, 0.3) is 0 Å². The van der Waals surface area contributed by atoms with Gasteiger partial charge in [0, 0.05) is 19.0 Å². The van der Waals surface area contributed by atoms with E-state index in [4.69, 9.17) is 0 Å². The van der Waals surface area contributed by atoms with Gasteiger partial charge in [-0.2, -0.15) is 0 Å². The minimum absolute atomic E-state index is 0.0386. The Kier molecular flexibility index (Phi) is 5.75. The Hall–Kier alpha value is -2.89. The summed E-state index contributed by atoms with van der Waals surface area (Å²) in [6.07, 6.45) is 4.55. The highest BCUT2D eigenvalue weighted by molar-refractivity contribution is 5.94. The smallest absolute Gasteiger partial charge is 0.233 e. The van der Waals surface area contributed by atoms with Crippen LogP contribution in [0, 0.1) is 11.7 Å². The molecule has 1 aliphatic carbocycles. The second-order valence-electron chi connectivity index (χ2n) is 8.37. The summed E-state index contributed by atoms with van der Waals surface area (Å²) in [5.41, 5.74) is 0.522. The summed E-state index contributed by atoms with van der Waals surface area (Å²) < 4.78 is 13.9. The molecule has 6 heteroatoms. The summed E-state index contributed by atoms with van der Waals surface area (Å²) in [5, 5.41) is 12.6. The van der Waals surface area contributed by atoms with Crippen molar-refractivity contribution in [3.05, 3.63) is 59.9 Å². The van der Waals surface area contributed by atoms with E-state index < -0.39 is 5.41 Å². The topological polar surface area (TPSA) is 69.6 Å². The third kappa shape index (κ3) is 3.91. The Morgan fingerprint density at radius 2 is 1.73 bits per heavy atom. The molecule has 1 saturated carbocycles. The minimum Gasteiger partial charge on any atom is -0.506 e. The first-order chi connectivity index (χ1) is 14.5. The molecule has 0 spiro atoms. The molecule has 2 N–H and O–H groups in total. The second-order valence-corrected chi connectivity index (χ2v) is 8.37. The van der Waals surface area contributed by atoms with Gasteiger partial charge in [-0.15, -0.1) is 0 Å². The van der Waals surface area contributed by atoms with Gasteiger partial charge in [-0.1, -0.05) is 37.1 Å². The van der Waals surface area contributed by atoms with Gasteiger partial charge in [0.2, 0.25) is 11.8 Å². The molecule has 2 aliphatic rings. The van der Waals surface area contributed by atoms with E-state index in [-0.39, 0.29) is 29.3 Å². The number of anilines is 1. The number of carbonyl (C=O) groups is 2. The Morgan fingerprint density at radius 3 is 2.40 bits per heavy atom. The molecule has 30 heavy (non-hydrogen) atoms. The van der Waals surface area contributed by atoms with Crippen molar-refractivity contribution in [2.45, 2.75) is 43.9 Å². The number of para-hydroxylation sites is 2. The number of benzene rings is 2. The van der Waals surface area contributed by atoms with E-state index in [0.717, 1.165) is 31.2 Å². The number of likely N-dealkylation sites (tertiary alicyclic amines) is 1. The number of rotatable bonds is 4. The molecule has 0 radical (unpaired) electrons. The Morgan fingerprint density at radius 1 is 1.03 bits per heavy atom. The van der Waals surface area contributed by atoms with Crippen molar-refractivity contribution in [1.82, 2.24) is 4.90 Å². The molecule has 0 aromatic heterocycles. The number of hydrogen-bond acceptors (Lipinski definition) is 3. The summed E-state index contributed by atoms with van der Waals surface area (Å²) in [7, 11) is 0. The maximum absolute atomic E-state index is 13.9. The van der Waals surface area contributed by atoms with Crippen LogP contribution in [0.1, 0.15) is 44.1 Å². The zero-order valence-electron chi connectivity index (χ0n) is 16.9. The van der Waals surface area contributed by atoms with Gasteiger partial charge in [-0.3, -0.25) is 9.59 Å². The normalized spacial score (nSPS) is 18.9. The molecule has 0 atom stereocenters. The first-order valence-corrected chi connectivity index (χ1v) is 10.6. The number of amides is 2. The molecule has 1 saturated heterocycles. The molecule has 158 valence electrons. The van der Waals surface area contributed by atoms with Crippen LogP contribution >= 0.6 is 0 Å². The first-order valence-electron chi connectivity index (χ1n) is 10.6. The fourth-order valence-corrected chi connectivity index (χ4v) is 4.85. The van der Waals surface area contributed by atoms with Crippen LogP contribution < -0.4 is 5.32 Å². The predicted octanol–water partition coefficient (Wildman–Crippen LogP) is 4.22. The van der Waals surface area contributed by atoms with Crippen molar-refractivity contribution in [2.75, 3.05) is 18.4 Å². The van der Waals surface area contributed by atoms with Crippen LogP contribution in [-0.2, 0) is 15.0 Å². The predicted molar refractivity (Wildman–Crippen MR) is 113 cm³/mol. The molecule has 0 bridgehead atoms. The number of phenolic OH excluding ortho intramolecular Hbond substituents is 1. The molecular formula is C24H27FN2O3. The molecule has 2 fully saturated rings. The molecule has 1 heterocycles. The minimum atomic E-state index is -0.646. The second kappa shape index (κ2) is 8.46. The molecule has 0 unspecified atom stereocenters. The number of nitrogens with zero attached hydrogens (tertiary/aromatic N) is 1. The number of nitrogens with one attached hydrogen (secondary N) is 1. The molecular weight excluding hydrogens is 383 g/mol. The van der Waals surface area contributed by atoms with Crippen LogP contribution in [0.2, 0.25) is 0 Å². The zero-order chi connectivity index (χ0) is 21.1. The van der Waals surface area contributed by atoms with Crippen LogP contribution in [0.4, 0.5) is 10.1 Å². The third-order valence-corrected chi connectivity index (χ3v) is 6.56. The number of hydrogen-bond donors (Lipinski definition) is 2. The maximum Gasteiger partial charge on any atom is 0.233 e. The van der Waals surface area contributed by atoms with Crippen LogP contribution in [0.3, 0.4) is 0 Å². The van der Waals surface area contributed by atoms with Crippen molar-refractivity contribution in [2.24, 2.45) is 5.92 Å². The van der Waals surface area contributed by atoms with Gasteiger partial charge in [-0.25, -0.2) is 4.39 Å². The lowest BCUT2D eigenvalue weighted by Crippen LogP contribution is -2.49. The summed E-state index contributed by atoms with van der Waals surface area (Å²) >= 11 is 0. The number of phenols is 1. The highest BCUT2D eigenvalue weighted by Crippen LogP contribution is 2.43. The van der Waals surface area contributed by atoms with E-state index in [1.54, 1.807) is 24.3 Å². The number of aromatic hydroxyl groups is 1. The van der Waals surface area contributed by atoms with Crippen molar-refractivity contribution in [3.8, 4) is 5.75 Å². The van der Waals surface area contributed by atoms with Crippen LogP contribution in [0.5, 0.6) is 5.75 Å². The average molecular weight is 410 g/mol. The van der Waals surface area contributed by atoms with Gasteiger partial charge >= 0.3 is 0 Å². The number of piperidine rings is 1. The lowest BCUT2D eigenvalue weighted by molar-refractivity contribution is -0.140. The van der Waals surface area contributed by atoms with Crippen molar-refractivity contribution < 1.29 is 19.1 Å². The molecule has 2 aromatic rings. The molecule has 2 amide bonds. The highest BCUT2D eigenvalue weighted by atomic mass is 19.1. The molecule has 1 aliphatic heterocycles. The zero-order valence-corrected chi connectivity index (χ0v) is 16.9. The standard InChI is InChI=1S/C24H27FN2O3/c25-19-7-5-6-18(16-19)24(12-3-4-13-24)23(30)27-14-10-17(11-15-27)22(29)26-20-8-1-2-9-21(20)28/h1-2,5-9,16-17,28H,3-4,10-15H2,(H,26,29). The quantitative estimate of drug-likeness (QED) is 0.742. The average Bonchev–Trinajstić information content (AvgIpc) is 3.26. The molecule has 4 rings (SSSR count). The van der Waals surface area contributed by atoms with Crippen molar-refractivity contribution in [1.29, 1.82) is 0 Å². The van der Waals surface area contributed by atoms with Crippen molar-refractivity contribution >= 4 is 17.5 Å². The van der Waals surface area contributed by atoms with E-state index in [0.29, 0.717) is 31.6 Å². The monoisotopic (exact) mass is 410 g/mol. The van der Waals surface area contributed by atoms with Crippen LogP contribution in [0.15, 0.2) is 48.5 Å². The van der Waals surface area contributed by atoms with Gasteiger partial charge in [0.05, 0.1) is 11.1 Å². The van der Waals surface area contributed by atoms with E-state index in [1.807, 2.05) is 11.0 Å². The van der Waals surface area contributed by atoms with E-state index >= 15 is 0 Å². The molecule has 2 aromatic carbocycles. The number of carbonyl (C=O) groups excluding carboxylic acids is 2. The van der Waals surface area contributed by atoms with Crippen LogP contribution in [-0.4, -0.2) is 34.9 Å². The fourth-order valence-electron chi connectivity index (χ4n) is 4.85. The lowest BCUT2D eigenvalue weighted by Gasteiger charge is -2.38. The summed E-state index contributed by atoms with van der Waals surface area (Å²) in [4.78, 5) is 28.0. The SMILES string of the molecule is O=C(Nc1ccccc1O)C1CCN(C(=O)C2(c3cccc(F)c3)CCCC2)CC1. The molecule has 5 nitrogen and oxygen atoms in total.